The molecule has 19 nitrogen and oxygen atoms in total. The SMILES string of the molecule is CCC(C)C(C(CC(=O)N1CCCC1C(OC)C(C)C(=O)NC(CCc1ccc(S(=O)(=O)O)cc1)Cc1ccccc1)OC)N(C)C(=O)C(NC(=O)C(C(C)C)N(C)CCCC(=O)On1c(O)ccc1O)C(C)C. The molecule has 1 fully saturated rings. The summed E-state index contributed by atoms with van der Waals surface area (Å²) in [7, 11) is 2.18. The summed E-state index contributed by atoms with van der Waals surface area (Å²) >= 11 is 0. The van der Waals surface area contributed by atoms with Gasteiger partial charge in [-0.2, -0.15) is 8.42 Å². The number of hydrogen-bond acceptors (Lipinski definition) is 13. The van der Waals surface area contributed by atoms with Gasteiger partial charge in [-0.05, 0) is 93.1 Å². The largest absolute Gasteiger partial charge is 0.492 e. The number of amides is 4. The summed E-state index contributed by atoms with van der Waals surface area (Å²) in [5.41, 5.74) is 1.87. The second-order valence-corrected chi connectivity index (χ2v) is 21.9. The Kier molecular flexibility index (Phi) is 23.4. The van der Waals surface area contributed by atoms with Crippen LogP contribution in [0.1, 0.15) is 105 Å². The van der Waals surface area contributed by atoms with Gasteiger partial charge in [0.2, 0.25) is 35.4 Å². The number of aromatic nitrogens is 1. The summed E-state index contributed by atoms with van der Waals surface area (Å²) in [5, 5.41) is 25.9. The van der Waals surface area contributed by atoms with Crippen molar-refractivity contribution in [2.24, 2.45) is 23.7 Å². The summed E-state index contributed by atoms with van der Waals surface area (Å²) in [6, 6.07) is 15.3. The second kappa shape index (κ2) is 28.4. The Morgan fingerprint density at radius 2 is 1.46 bits per heavy atom. The van der Waals surface area contributed by atoms with Crippen LogP contribution in [0.15, 0.2) is 71.6 Å². The molecule has 0 aliphatic carbocycles. The quantitative estimate of drug-likeness (QED) is 0.0557. The molecule has 412 valence electrons. The number of rotatable bonds is 29. The maximum Gasteiger partial charge on any atom is 0.333 e. The van der Waals surface area contributed by atoms with Crippen LogP contribution in [-0.2, 0) is 56.4 Å². The van der Waals surface area contributed by atoms with Gasteiger partial charge < -0.3 is 45.0 Å². The summed E-state index contributed by atoms with van der Waals surface area (Å²) in [4.78, 5) is 80.1. The normalized spacial score (nSPS) is 17.3. The molecule has 4 amide bonds. The highest BCUT2D eigenvalue weighted by Gasteiger charge is 2.43. The minimum absolute atomic E-state index is 0.0543. The molecule has 1 saturated heterocycles. The number of nitrogens with zero attached hydrogens (tertiary/aromatic N) is 4. The van der Waals surface area contributed by atoms with Crippen LogP contribution in [-0.4, -0.2) is 156 Å². The Morgan fingerprint density at radius 3 is 2.01 bits per heavy atom. The van der Waals surface area contributed by atoms with E-state index < -0.39 is 70.1 Å². The molecule has 0 saturated carbocycles. The molecule has 3 aromatic rings. The minimum atomic E-state index is -4.33. The van der Waals surface area contributed by atoms with Crippen LogP contribution in [0.25, 0.3) is 0 Å². The van der Waals surface area contributed by atoms with E-state index in [0.29, 0.717) is 62.8 Å². The van der Waals surface area contributed by atoms with Crippen LogP contribution in [0.5, 0.6) is 11.8 Å². The minimum Gasteiger partial charge on any atom is -0.492 e. The molecule has 20 heteroatoms. The lowest BCUT2D eigenvalue weighted by molar-refractivity contribution is -0.148. The van der Waals surface area contributed by atoms with Crippen LogP contribution in [0.2, 0.25) is 0 Å². The first-order chi connectivity index (χ1) is 34.9. The van der Waals surface area contributed by atoms with Crippen molar-refractivity contribution in [2.75, 3.05) is 41.4 Å². The van der Waals surface area contributed by atoms with E-state index in [1.54, 1.807) is 50.1 Å². The van der Waals surface area contributed by atoms with Crippen LogP contribution in [0.4, 0.5) is 0 Å². The van der Waals surface area contributed by atoms with Crippen LogP contribution < -0.4 is 15.5 Å². The van der Waals surface area contributed by atoms with Gasteiger partial charge >= 0.3 is 5.97 Å². The van der Waals surface area contributed by atoms with Gasteiger partial charge in [-0.25, -0.2) is 4.79 Å². The lowest BCUT2D eigenvalue weighted by Crippen LogP contribution is -2.60. The van der Waals surface area contributed by atoms with Crippen molar-refractivity contribution in [3.05, 3.63) is 77.9 Å². The summed E-state index contributed by atoms with van der Waals surface area (Å²) in [6.45, 7) is 14.1. The Morgan fingerprint density at radius 1 is 0.824 bits per heavy atom. The Balaban J connectivity index is 1.44. The zero-order valence-corrected chi connectivity index (χ0v) is 45.9. The first kappa shape index (κ1) is 61.0. The fourth-order valence-corrected chi connectivity index (χ4v) is 10.6. The Labute approximate surface area is 438 Å². The zero-order chi connectivity index (χ0) is 55.0. The van der Waals surface area contributed by atoms with Gasteiger partial charge in [0, 0.05) is 52.4 Å². The fraction of sp³-hybridized carbons (Fsp3) is 0.611. The van der Waals surface area contributed by atoms with E-state index in [1.165, 1.54) is 31.4 Å². The highest BCUT2D eigenvalue weighted by atomic mass is 32.2. The molecule has 74 heavy (non-hydrogen) atoms. The monoisotopic (exact) mass is 1050 g/mol. The first-order valence-electron chi connectivity index (χ1n) is 25.8. The Hall–Kier alpha value is -5.54. The lowest BCUT2D eigenvalue weighted by atomic mass is 9.89. The van der Waals surface area contributed by atoms with Crippen molar-refractivity contribution >= 4 is 39.7 Å². The molecule has 1 aliphatic rings. The number of ether oxygens (including phenoxy) is 2. The molecule has 1 aromatic heterocycles. The van der Waals surface area contributed by atoms with Crippen molar-refractivity contribution in [1.82, 2.24) is 30.1 Å². The van der Waals surface area contributed by atoms with Gasteiger partial charge in [-0.3, -0.25) is 28.6 Å². The lowest BCUT2D eigenvalue weighted by Gasteiger charge is -2.41. The average Bonchev–Trinajstić information content (AvgIpc) is 3.97. The second-order valence-electron chi connectivity index (χ2n) is 20.5. The van der Waals surface area contributed by atoms with Gasteiger partial charge in [0.05, 0.1) is 47.6 Å². The predicted molar refractivity (Wildman–Crippen MR) is 279 cm³/mol. The van der Waals surface area contributed by atoms with Gasteiger partial charge in [0.1, 0.15) is 6.04 Å². The number of hydrogen-bond donors (Lipinski definition) is 5. The topological polar surface area (TPSA) is 247 Å². The molecule has 0 bridgehead atoms. The molecular weight excluding hydrogens is 973 g/mol. The molecule has 2 heterocycles. The standard InChI is InChI=1S/C54H82N6O13S/c1-12-36(6)50(58(9)54(67)48(34(2)3)56-53(66)49(35(4)5)57(8)30-17-21-47(64)73-60-44(61)28-29-45(60)62)43(71-10)33-46(63)59-31-16-20-42(59)51(72-11)37(7)52(65)55-40(32-39-18-14-13-15-19-39)25-22-38-23-26-41(27-24-38)74(68,69)70/h13-15,18-19,23-24,26-29,34-37,40,42-43,48-51,61-62H,12,16-17,20-22,25,30-33H2,1-11H3,(H,55,65)(H,56,66)(H,68,69,70). The number of aromatic hydroxyl groups is 2. The number of carbonyl (C=O) groups is 5. The molecular formula is C54H82N6O13S. The molecule has 4 rings (SSSR count). The van der Waals surface area contributed by atoms with Gasteiger partial charge in [-0.1, -0.05) is 97.4 Å². The molecule has 9 atom stereocenters. The maximum absolute atomic E-state index is 14.7. The molecule has 0 spiro atoms. The van der Waals surface area contributed by atoms with E-state index in [1.807, 2.05) is 76.8 Å². The van der Waals surface area contributed by atoms with Crippen molar-refractivity contribution in [2.45, 2.75) is 154 Å². The summed E-state index contributed by atoms with van der Waals surface area (Å²) in [6.07, 6.45) is 2.39. The van der Waals surface area contributed by atoms with Crippen LogP contribution >= 0.6 is 0 Å². The zero-order valence-electron chi connectivity index (χ0n) is 45.1. The van der Waals surface area contributed by atoms with E-state index in [0.717, 1.165) is 11.1 Å². The van der Waals surface area contributed by atoms with Crippen molar-refractivity contribution in [3.63, 3.8) is 0 Å². The third-order valence-corrected chi connectivity index (χ3v) is 15.3. The predicted octanol–water partition coefficient (Wildman–Crippen LogP) is 5.26. The number of benzene rings is 2. The average molecular weight is 1060 g/mol. The van der Waals surface area contributed by atoms with E-state index in [4.69, 9.17) is 14.3 Å². The van der Waals surface area contributed by atoms with Gasteiger partial charge in [0.25, 0.3) is 10.1 Å². The maximum atomic E-state index is 14.7. The van der Waals surface area contributed by atoms with Gasteiger partial charge in [0.15, 0.2) is 0 Å². The smallest absolute Gasteiger partial charge is 0.333 e. The first-order valence-corrected chi connectivity index (χ1v) is 27.2. The third kappa shape index (κ3) is 16.7. The van der Waals surface area contributed by atoms with Crippen molar-refractivity contribution in [1.29, 1.82) is 0 Å². The number of likely N-dealkylation sites (N-methyl/N-ethyl adjacent to an activating group) is 2. The number of methoxy groups -OCH3 is 2. The summed E-state index contributed by atoms with van der Waals surface area (Å²) in [5.74, 6) is -3.96. The van der Waals surface area contributed by atoms with Crippen LogP contribution in [0.3, 0.4) is 0 Å². The van der Waals surface area contributed by atoms with Gasteiger partial charge in [-0.15, -0.1) is 4.73 Å². The van der Waals surface area contributed by atoms with Crippen molar-refractivity contribution in [3.8, 4) is 11.8 Å². The van der Waals surface area contributed by atoms with E-state index in [9.17, 15) is 47.2 Å². The molecule has 2 aromatic carbocycles. The molecule has 5 N–H and O–H groups in total. The fourth-order valence-electron chi connectivity index (χ4n) is 10.2. The molecule has 1 aliphatic heterocycles. The molecule has 0 radical (unpaired) electrons. The van der Waals surface area contributed by atoms with Crippen LogP contribution in [0, 0.1) is 23.7 Å². The third-order valence-electron chi connectivity index (χ3n) is 14.4. The van der Waals surface area contributed by atoms with Crippen molar-refractivity contribution < 1.29 is 61.5 Å². The summed E-state index contributed by atoms with van der Waals surface area (Å²) < 4.78 is 45.4. The highest BCUT2D eigenvalue weighted by Crippen LogP contribution is 2.30. The van der Waals surface area contributed by atoms with E-state index >= 15 is 0 Å². The van der Waals surface area contributed by atoms with E-state index in [2.05, 4.69) is 10.6 Å². The number of likely N-dealkylation sites (tertiary alicyclic amines) is 1. The number of aryl methyl sites for hydroxylation is 1. The number of nitrogens with one attached hydrogen (secondary N) is 2. The van der Waals surface area contributed by atoms with E-state index in [-0.39, 0.29) is 65.2 Å². The molecule has 9 unspecified atom stereocenters. The Bertz CT molecular complexity index is 2380. The number of carbonyl (C=O) groups excluding carboxylic acids is 5. The highest BCUT2D eigenvalue weighted by molar-refractivity contribution is 7.85.